The number of halogens is 3. The number of hydrogen-bond acceptors (Lipinski definition) is 5. The predicted octanol–water partition coefficient (Wildman–Crippen LogP) is 6.56. The highest BCUT2D eigenvalue weighted by atomic mass is 79.9. The van der Waals surface area contributed by atoms with Crippen LogP contribution in [0.2, 0.25) is 5.02 Å². The van der Waals surface area contributed by atoms with E-state index in [0.29, 0.717) is 35.3 Å². The summed E-state index contributed by atoms with van der Waals surface area (Å²) < 4.78 is 31.8. The van der Waals surface area contributed by atoms with Gasteiger partial charge in [0.1, 0.15) is 12.4 Å². The molecule has 1 heterocycles. The van der Waals surface area contributed by atoms with Gasteiger partial charge in [0.2, 0.25) is 5.90 Å². The van der Waals surface area contributed by atoms with Crippen LogP contribution in [-0.2, 0) is 16.1 Å². The van der Waals surface area contributed by atoms with Gasteiger partial charge >= 0.3 is 5.97 Å². The Morgan fingerprint density at radius 3 is 2.61 bits per heavy atom. The van der Waals surface area contributed by atoms with Crippen LogP contribution < -0.4 is 9.47 Å². The number of esters is 1. The fourth-order valence-corrected chi connectivity index (χ4v) is 3.67. The lowest BCUT2D eigenvalue weighted by Crippen LogP contribution is -2.07. The van der Waals surface area contributed by atoms with Crippen LogP contribution in [0.5, 0.6) is 11.5 Å². The lowest BCUT2D eigenvalue weighted by atomic mass is 10.1. The number of aliphatic imine (C=N–C) groups is 1. The topological polar surface area (TPSA) is 57.1 Å². The third-order valence-corrected chi connectivity index (χ3v) is 5.47. The summed E-state index contributed by atoms with van der Waals surface area (Å²) in [5, 5.41) is 0.314. The Bertz CT molecular complexity index is 1260. The molecule has 4 rings (SSSR count). The molecule has 0 unspecified atom stereocenters. The van der Waals surface area contributed by atoms with Gasteiger partial charge in [-0.2, -0.15) is 0 Å². The molecule has 0 radical (unpaired) electrons. The predicted molar refractivity (Wildman–Crippen MR) is 128 cm³/mol. The molecule has 8 heteroatoms. The first-order chi connectivity index (χ1) is 15.9. The van der Waals surface area contributed by atoms with E-state index < -0.39 is 11.8 Å². The van der Waals surface area contributed by atoms with Crippen LogP contribution >= 0.6 is 27.5 Å². The van der Waals surface area contributed by atoms with Gasteiger partial charge in [0.25, 0.3) is 0 Å². The maximum Gasteiger partial charge on any atom is 0.363 e. The minimum Gasteiger partial charge on any atom is -0.490 e. The Hall–Kier alpha value is -3.16. The van der Waals surface area contributed by atoms with Gasteiger partial charge in [0.15, 0.2) is 17.2 Å². The highest BCUT2D eigenvalue weighted by Crippen LogP contribution is 2.38. The molecule has 3 aromatic carbocycles. The molecule has 0 aliphatic carbocycles. The second-order valence-electron chi connectivity index (χ2n) is 6.99. The molecule has 168 valence electrons. The van der Waals surface area contributed by atoms with Gasteiger partial charge < -0.3 is 14.2 Å². The van der Waals surface area contributed by atoms with Crippen molar-refractivity contribution in [2.75, 3.05) is 6.61 Å². The van der Waals surface area contributed by atoms with Crippen molar-refractivity contribution in [1.82, 2.24) is 0 Å². The molecule has 5 nitrogen and oxygen atoms in total. The highest BCUT2D eigenvalue weighted by molar-refractivity contribution is 9.10. The monoisotopic (exact) mass is 529 g/mol. The molecule has 1 aliphatic heterocycles. The third-order valence-electron chi connectivity index (χ3n) is 4.66. The normalized spacial score (nSPS) is 14.2. The molecule has 0 aromatic heterocycles. The fourth-order valence-electron chi connectivity index (χ4n) is 3.13. The molecule has 0 fully saturated rings. The zero-order chi connectivity index (χ0) is 23.4. The van der Waals surface area contributed by atoms with Crippen LogP contribution in [0.25, 0.3) is 6.08 Å². The molecule has 0 spiro atoms. The minimum atomic E-state index is -0.682. The fraction of sp³-hybridized carbons (Fsp3) is 0.120. The number of hydrogen-bond donors (Lipinski definition) is 0. The van der Waals surface area contributed by atoms with Gasteiger partial charge in [-0.25, -0.2) is 14.2 Å². The maximum absolute atomic E-state index is 14.0. The van der Waals surface area contributed by atoms with Gasteiger partial charge in [-0.3, -0.25) is 0 Å². The van der Waals surface area contributed by atoms with Gasteiger partial charge in [-0.15, -0.1) is 0 Å². The molecule has 0 amide bonds. The van der Waals surface area contributed by atoms with E-state index in [0.717, 1.165) is 10.0 Å². The van der Waals surface area contributed by atoms with E-state index in [2.05, 4.69) is 20.9 Å². The van der Waals surface area contributed by atoms with Crippen LogP contribution in [0.15, 0.2) is 75.8 Å². The zero-order valence-electron chi connectivity index (χ0n) is 17.5. The van der Waals surface area contributed by atoms with E-state index in [1.54, 1.807) is 24.3 Å². The van der Waals surface area contributed by atoms with E-state index in [1.165, 1.54) is 18.2 Å². The van der Waals surface area contributed by atoms with Crippen molar-refractivity contribution in [2.45, 2.75) is 13.5 Å². The van der Waals surface area contributed by atoms with Crippen molar-refractivity contribution in [3.05, 3.63) is 98.4 Å². The Balaban J connectivity index is 1.61. The summed E-state index contributed by atoms with van der Waals surface area (Å²) in [6, 6.07) is 17.0. The van der Waals surface area contributed by atoms with E-state index >= 15 is 0 Å². The summed E-state index contributed by atoms with van der Waals surface area (Å²) in [6.45, 7) is 2.54. The zero-order valence-corrected chi connectivity index (χ0v) is 19.8. The summed E-state index contributed by atoms with van der Waals surface area (Å²) in [6.07, 6.45) is 1.50. The standard InChI is InChI=1S/C25H18BrClFNO4/c1-2-31-22-13-16(11-19(27)23(22)32-14-15-7-9-17(26)10-8-15)12-21-25(30)33-24(29-21)18-5-3-4-6-20(18)28/h3-13H,2,14H2,1H3/b21-12-. The van der Waals surface area contributed by atoms with E-state index in [1.807, 2.05) is 31.2 Å². The smallest absolute Gasteiger partial charge is 0.363 e. The summed E-state index contributed by atoms with van der Waals surface area (Å²) in [5.41, 5.74) is 1.66. The first-order valence-electron chi connectivity index (χ1n) is 10.1. The van der Waals surface area contributed by atoms with Crippen LogP contribution in [0.3, 0.4) is 0 Å². The van der Waals surface area contributed by atoms with Crippen molar-refractivity contribution in [3.8, 4) is 11.5 Å². The average Bonchev–Trinajstić information content (AvgIpc) is 3.15. The van der Waals surface area contributed by atoms with Gasteiger partial charge in [-0.1, -0.05) is 51.8 Å². The molecule has 1 aliphatic rings. The highest BCUT2D eigenvalue weighted by Gasteiger charge is 2.26. The summed E-state index contributed by atoms with van der Waals surface area (Å²) in [4.78, 5) is 16.5. The van der Waals surface area contributed by atoms with Crippen LogP contribution in [0.1, 0.15) is 23.6 Å². The first-order valence-corrected chi connectivity index (χ1v) is 11.2. The number of ether oxygens (including phenoxy) is 3. The molecule has 33 heavy (non-hydrogen) atoms. The molecule has 0 saturated carbocycles. The molecule has 0 saturated heterocycles. The second kappa shape index (κ2) is 10.2. The number of cyclic esters (lactones) is 1. The number of carbonyl (C=O) groups is 1. The van der Waals surface area contributed by atoms with Crippen molar-refractivity contribution in [3.63, 3.8) is 0 Å². The first kappa shape index (κ1) is 23.0. The van der Waals surface area contributed by atoms with Gasteiger partial charge in [-0.05, 0) is 60.5 Å². The van der Waals surface area contributed by atoms with Crippen molar-refractivity contribution in [2.24, 2.45) is 4.99 Å². The Kier molecular flexibility index (Phi) is 7.11. The lowest BCUT2D eigenvalue weighted by Gasteiger charge is -2.14. The summed E-state index contributed by atoms with van der Waals surface area (Å²) in [5.74, 6) is -0.473. The minimum absolute atomic E-state index is 0.0234. The van der Waals surface area contributed by atoms with Crippen LogP contribution in [0, 0.1) is 5.82 Å². The van der Waals surface area contributed by atoms with E-state index in [4.69, 9.17) is 25.8 Å². The Labute approximate surface area is 203 Å². The molecule has 0 N–H and O–H groups in total. The average molecular weight is 531 g/mol. The second-order valence-corrected chi connectivity index (χ2v) is 8.32. The van der Waals surface area contributed by atoms with Crippen molar-refractivity contribution < 1.29 is 23.4 Å². The number of nitrogens with zero attached hydrogens (tertiary/aromatic N) is 1. The number of benzene rings is 3. The quantitative estimate of drug-likeness (QED) is 0.256. The van der Waals surface area contributed by atoms with Gasteiger partial charge in [0, 0.05) is 4.47 Å². The summed E-state index contributed by atoms with van der Waals surface area (Å²) >= 11 is 9.89. The van der Waals surface area contributed by atoms with Crippen LogP contribution in [0.4, 0.5) is 4.39 Å². The SMILES string of the molecule is CCOc1cc(/C=C2\N=C(c3ccccc3F)OC2=O)cc(Cl)c1OCc1ccc(Br)cc1. The van der Waals surface area contributed by atoms with Crippen molar-refractivity contribution in [1.29, 1.82) is 0 Å². The van der Waals surface area contributed by atoms with Gasteiger partial charge in [0.05, 0.1) is 17.2 Å². The molecular weight excluding hydrogens is 513 g/mol. The third kappa shape index (κ3) is 5.43. The Morgan fingerprint density at radius 2 is 1.88 bits per heavy atom. The van der Waals surface area contributed by atoms with E-state index in [9.17, 15) is 9.18 Å². The number of carbonyl (C=O) groups excluding carboxylic acids is 1. The largest absolute Gasteiger partial charge is 0.490 e. The Morgan fingerprint density at radius 1 is 1.12 bits per heavy atom. The van der Waals surface area contributed by atoms with Crippen molar-refractivity contribution >= 4 is 45.5 Å². The summed E-state index contributed by atoms with van der Waals surface area (Å²) in [7, 11) is 0. The number of rotatable bonds is 7. The molecular formula is C25H18BrClFNO4. The molecule has 3 aromatic rings. The van der Waals surface area contributed by atoms with Crippen LogP contribution in [-0.4, -0.2) is 18.5 Å². The molecule has 0 atom stereocenters. The van der Waals surface area contributed by atoms with E-state index in [-0.39, 0.29) is 17.2 Å². The lowest BCUT2D eigenvalue weighted by molar-refractivity contribution is -0.129. The molecule has 0 bridgehead atoms. The maximum atomic E-state index is 14.0.